The summed E-state index contributed by atoms with van der Waals surface area (Å²) in [7, 11) is 0. The van der Waals surface area contributed by atoms with Crippen LogP contribution in [-0.4, -0.2) is 35.9 Å². The van der Waals surface area contributed by atoms with Crippen LogP contribution < -0.4 is 14.2 Å². The summed E-state index contributed by atoms with van der Waals surface area (Å²) in [6.45, 7) is 5.30. The van der Waals surface area contributed by atoms with Gasteiger partial charge in [-0.2, -0.15) is 0 Å². The predicted molar refractivity (Wildman–Crippen MR) is 143 cm³/mol. The molecule has 1 saturated heterocycles. The number of imide groups is 1. The number of carbonyl (C=O) groups is 2. The van der Waals surface area contributed by atoms with Crippen molar-refractivity contribution in [3.05, 3.63) is 93.3 Å². The number of benzene rings is 3. The van der Waals surface area contributed by atoms with E-state index in [4.69, 9.17) is 25.8 Å². The van der Waals surface area contributed by atoms with Gasteiger partial charge in [0.25, 0.3) is 11.1 Å². The summed E-state index contributed by atoms with van der Waals surface area (Å²) in [5.41, 5.74) is 2.74. The Morgan fingerprint density at radius 2 is 1.61 bits per heavy atom. The maximum Gasteiger partial charge on any atom is 0.293 e. The minimum atomic E-state index is -0.327. The molecule has 4 rings (SSSR count). The highest BCUT2D eigenvalue weighted by Crippen LogP contribution is 2.35. The fourth-order valence-electron chi connectivity index (χ4n) is 3.51. The first-order valence-corrected chi connectivity index (χ1v) is 12.7. The Morgan fingerprint density at radius 1 is 0.889 bits per heavy atom. The van der Waals surface area contributed by atoms with Gasteiger partial charge in [-0.25, -0.2) is 0 Å². The molecule has 0 saturated carbocycles. The average Bonchev–Trinajstić information content (AvgIpc) is 3.12. The predicted octanol–water partition coefficient (Wildman–Crippen LogP) is 6.74. The molecule has 2 amide bonds. The second kappa shape index (κ2) is 12.0. The molecule has 1 heterocycles. The van der Waals surface area contributed by atoms with E-state index in [9.17, 15) is 9.59 Å². The molecule has 186 valence electrons. The Balaban J connectivity index is 1.40. The van der Waals surface area contributed by atoms with Crippen LogP contribution >= 0.6 is 23.4 Å². The summed E-state index contributed by atoms with van der Waals surface area (Å²) in [5, 5.41) is 0.295. The molecule has 6 nitrogen and oxygen atoms in total. The number of carbonyl (C=O) groups excluding carboxylic acids is 2. The van der Waals surface area contributed by atoms with Crippen molar-refractivity contribution in [1.29, 1.82) is 0 Å². The Bertz CT molecular complexity index is 1260. The van der Waals surface area contributed by atoms with E-state index >= 15 is 0 Å². The molecule has 0 unspecified atom stereocenters. The smallest absolute Gasteiger partial charge is 0.293 e. The third-order valence-electron chi connectivity index (χ3n) is 5.32. The molecule has 0 atom stereocenters. The second-order valence-corrected chi connectivity index (χ2v) is 9.47. The van der Waals surface area contributed by atoms with Crippen molar-refractivity contribution in [2.75, 3.05) is 19.8 Å². The molecule has 0 aliphatic carbocycles. The topological polar surface area (TPSA) is 65.1 Å². The maximum absolute atomic E-state index is 12.9. The largest absolute Gasteiger partial charge is 0.490 e. The number of hydrogen-bond acceptors (Lipinski definition) is 6. The normalized spacial score (nSPS) is 14.4. The number of rotatable bonds is 10. The molecule has 1 aliphatic rings. The van der Waals surface area contributed by atoms with Crippen LogP contribution in [0.25, 0.3) is 6.08 Å². The van der Waals surface area contributed by atoms with Crippen molar-refractivity contribution in [3.8, 4) is 17.2 Å². The van der Waals surface area contributed by atoms with E-state index < -0.39 is 0 Å². The van der Waals surface area contributed by atoms with Crippen molar-refractivity contribution >= 4 is 40.6 Å². The highest BCUT2D eigenvalue weighted by atomic mass is 35.5. The third-order valence-corrected chi connectivity index (χ3v) is 6.48. The summed E-state index contributed by atoms with van der Waals surface area (Å²) < 4.78 is 17.3. The SMILES string of the molecule is CCOc1cc(/C=C2\SC(=O)N(Cc3ccc(Cl)cc3)C2=O)ccc1OCCOc1ccc(C)cc1. The molecule has 0 bridgehead atoms. The molecule has 0 radical (unpaired) electrons. The monoisotopic (exact) mass is 523 g/mol. The van der Waals surface area contributed by atoms with Crippen LogP contribution in [-0.2, 0) is 11.3 Å². The Labute approximate surface area is 219 Å². The quantitative estimate of drug-likeness (QED) is 0.216. The van der Waals surface area contributed by atoms with Crippen molar-refractivity contribution in [2.45, 2.75) is 20.4 Å². The van der Waals surface area contributed by atoms with Crippen LogP contribution in [0.3, 0.4) is 0 Å². The zero-order chi connectivity index (χ0) is 25.5. The van der Waals surface area contributed by atoms with Gasteiger partial charge in [0.15, 0.2) is 11.5 Å². The van der Waals surface area contributed by atoms with E-state index in [1.807, 2.05) is 44.2 Å². The zero-order valence-corrected chi connectivity index (χ0v) is 21.6. The van der Waals surface area contributed by atoms with Gasteiger partial charge in [0.05, 0.1) is 18.1 Å². The number of thioether (sulfide) groups is 1. The number of nitrogens with zero attached hydrogens (tertiary/aromatic N) is 1. The number of amides is 2. The number of hydrogen-bond donors (Lipinski definition) is 0. The zero-order valence-electron chi connectivity index (χ0n) is 20.0. The third kappa shape index (κ3) is 6.62. The molecular formula is C28H26ClNO5S. The van der Waals surface area contributed by atoms with Gasteiger partial charge in [0, 0.05) is 5.02 Å². The van der Waals surface area contributed by atoms with Crippen molar-refractivity contribution in [3.63, 3.8) is 0 Å². The lowest BCUT2D eigenvalue weighted by Gasteiger charge is -2.13. The van der Waals surface area contributed by atoms with E-state index in [0.717, 1.165) is 28.6 Å². The average molecular weight is 524 g/mol. The summed E-state index contributed by atoms with van der Waals surface area (Å²) in [4.78, 5) is 27.0. The molecule has 0 N–H and O–H groups in total. The summed E-state index contributed by atoms with van der Waals surface area (Å²) in [6.07, 6.45) is 1.69. The molecule has 0 aromatic heterocycles. The van der Waals surface area contributed by atoms with Gasteiger partial charge in [-0.1, -0.05) is 47.5 Å². The molecule has 1 fully saturated rings. The van der Waals surface area contributed by atoms with Crippen LogP contribution in [0.15, 0.2) is 71.6 Å². The Morgan fingerprint density at radius 3 is 2.33 bits per heavy atom. The Hall–Kier alpha value is -3.42. The van der Waals surface area contributed by atoms with E-state index in [-0.39, 0.29) is 17.7 Å². The molecule has 3 aromatic rings. The lowest BCUT2D eigenvalue weighted by molar-refractivity contribution is -0.123. The molecule has 3 aromatic carbocycles. The summed E-state index contributed by atoms with van der Waals surface area (Å²) in [6, 6.07) is 20.3. The minimum Gasteiger partial charge on any atom is -0.490 e. The fraction of sp³-hybridized carbons (Fsp3) is 0.214. The minimum absolute atomic E-state index is 0.195. The van der Waals surface area contributed by atoms with E-state index in [1.165, 1.54) is 10.5 Å². The van der Waals surface area contributed by atoms with Gasteiger partial charge < -0.3 is 14.2 Å². The lowest BCUT2D eigenvalue weighted by Crippen LogP contribution is -2.27. The molecule has 0 spiro atoms. The van der Waals surface area contributed by atoms with Crippen molar-refractivity contribution in [2.24, 2.45) is 0 Å². The summed E-state index contributed by atoms with van der Waals surface area (Å²) in [5.74, 6) is 1.60. The van der Waals surface area contributed by atoms with Crippen molar-refractivity contribution in [1.82, 2.24) is 4.90 Å². The van der Waals surface area contributed by atoms with E-state index in [1.54, 1.807) is 42.5 Å². The van der Waals surface area contributed by atoms with Crippen molar-refractivity contribution < 1.29 is 23.8 Å². The van der Waals surface area contributed by atoms with Crippen LogP contribution in [0, 0.1) is 6.92 Å². The molecule has 36 heavy (non-hydrogen) atoms. The summed E-state index contributed by atoms with van der Waals surface area (Å²) >= 11 is 6.85. The molecule has 1 aliphatic heterocycles. The standard InChI is InChI=1S/C28H26ClNO5S/c1-3-33-25-16-21(8-13-24(25)35-15-14-34-23-11-4-19(2)5-12-23)17-26-27(31)30(28(32)36-26)18-20-6-9-22(29)10-7-20/h4-13,16-17H,3,14-15,18H2,1-2H3/b26-17-. The highest BCUT2D eigenvalue weighted by molar-refractivity contribution is 8.18. The fourth-order valence-corrected chi connectivity index (χ4v) is 4.47. The van der Waals surface area contributed by atoms with Gasteiger partial charge in [0.1, 0.15) is 19.0 Å². The van der Waals surface area contributed by atoms with E-state index in [2.05, 4.69) is 0 Å². The lowest BCUT2D eigenvalue weighted by atomic mass is 10.1. The van der Waals surface area contributed by atoms with Crippen LogP contribution in [0.5, 0.6) is 17.2 Å². The van der Waals surface area contributed by atoms with E-state index in [0.29, 0.717) is 41.2 Å². The second-order valence-electron chi connectivity index (χ2n) is 8.04. The van der Waals surface area contributed by atoms with Gasteiger partial charge in [-0.3, -0.25) is 14.5 Å². The molecule has 8 heteroatoms. The Kier molecular flexibility index (Phi) is 8.57. The van der Waals surface area contributed by atoms with Crippen LogP contribution in [0.1, 0.15) is 23.6 Å². The number of aryl methyl sites for hydroxylation is 1. The van der Waals surface area contributed by atoms with Crippen LogP contribution in [0.2, 0.25) is 5.02 Å². The van der Waals surface area contributed by atoms with Gasteiger partial charge in [-0.05, 0) is 79.2 Å². The first kappa shape index (κ1) is 25.7. The molecular weight excluding hydrogens is 498 g/mol. The first-order chi connectivity index (χ1) is 17.4. The number of halogens is 1. The maximum atomic E-state index is 12.9. The first-order valence-electron chi connectivity index (χ1n) is 11.5. The van der Waals surface area contributed by atoms with Crippen LogP contribution in [0.4, 0.5) is 4.79 Å². The number of ether oxygens (including phenoxy) is 3. The van der Waals surface area contributed by atoms with Gasteiger partial charge >= 0.3 is 0 Å². The van der Waals surface area contributed by atoms with Gasteiger partial charge in [0.2, 0.25) is 0 Å². The highest BCUT2D eigenvalue weighted by Gasteiger charge is 2.35. The van der Waals surface area contributed by atoms with Gasteiger partial charge in [-0.15, -0.1) is 0 Å².